The van der Waals surface area contributed by atoms with Gasteiger partial charge in [0.1, 0.15) is 5.82 Å². The molecule has 32 heavy (non-hydrogen) atoms. The average molecular weight is 473 g/mol. The summed E-state index contributed by atoms with van der Waals surface area (Å²) in [6, 6.07) is 1.81. The van der Waals surface area contributed by atoms with E-state index in [4.69, 9.17) is 25.8 Å². The molecular formula is C21H26ClFN2O7. The van der Waals surface area contributed by atoms with Crippen molar-refractivity contribution >= 4 is 41.2 Å². The molecule has 176 valence electrons. The normalized spacial score (nSPS) is 11.4. The van der Waals surface area contributed by atoms with Crippen molar-refractivity contribution in [2.24, 2.45) is 0 Å². The fraction of sp³-hybridized carbons (Fsp3) is 0.429. The van der Waals surface area contributed by atoms with Crippen molar-refractivity contribution in [3.05, 3.63) is 40.3 Å². The number of anilines is 1. The van der Waals surface area contributed by atoms with E-state index in [1.165, 1.54) is 13.8 Å². The summed E-state index contributed by atoms with van der Waals surface area (Å²) in [5.74, 6) is -3.47. The molecule has 1 rings (SSSR count). The number of hydrogen-bond donors (Lipinski definition) is 2. The van der Waals surface area contributed by atoms with E-state index in [-0.39, 0.29) is 41.6 Å². The van der Waals surface area contributed by atoms with E-state index in [9.17, 15) is 23.6 Å². The van der Waals surface area contributed by atoms with Crippen molar-refractivity contribution in [1.82, 2.24) is 5.32 Å². The van der Waals surface area contributed by atoms with Gasteiger partial charge in [-0.1, -0.05) is 18.5 Å². The van der Waals surface area contributed by atoms with Crippen LogP contribution in [0.1, 0.15) is 51.4 Å². The standard InChI is InChI=1S/C21H26ClFN2O7/c1-6-12(24-20(29)31-8-3)9-17(26)25-16-10-13(14(22)11-15(16)23)18(27)32-21(4,5)19(28)30-7-2/h9-11H,6-8H2,1-5H3,(H,24,29)(H,25,26). The first-order valence-corrected chi connectivity index (χ1v) is 10.2. The Morgan fingerprint density at radius 1 is 1.09 bits per heavy atom. The average Bonchev–Trinajstić information content (AvgIpc) is 2.69. The number of hydrogen-bond acceptors (Lipinski definition) is 7. The van der Waals surface area contributed by atoms with Crippen molar-refractivity contribution < 1.29 is 37.8 Å². The molecule has 0 aliphatic carbocycles. The molecule has 0 atom stereocenters. The molecule has 0 spiro atoms. The van der Waals surface area contributed by atoms with E-state index in [0.29, 0.717) is 0 Å². The van der Waals surface area contributed by atoms with Crippen molar-refractivity contribution in [3.8, 4) is 0 Å². The van der Waals surface area contributed by atoms with Crippen LogP contribution in [0.4, 0.5) is 14.9 Å². The van der Waals surface area contributed by atoms with E-state index in [1.807, 2.05) is 0 Å². The molecule has 0 heterocycles. The molecule has 0 fully saturated rings. The minimum absolute atomic E-state index is 0.0889. The highest BCUT2D eigenvalue weighted by Crippen LogP contribution is 2.27. The number of benzene rings is 1. The van der Waals surface area contributed by atoms with Gasteiger partial charge in [-0.05, 0) is 46.2 Å². The Morgan fingerprint density at radius 2 is 1.72 bits per heavy atom. The highest BCUT2D eigenvalue weighted by atomic mass is 35.5. The van der Waals surface area contributed by atoms with E-state index in [1.54, 1.807) is 20.8 Å². The lowest BCUT2D eigenvalue weighted by molar-refractivity contribution is -0.162. The summed E-state index contributed by atoms with van der Waals surface area (Å²) in [5.41, 5.74) is -2.02. The van der Waals surface area contributed by atoms with Gasteiger partial charge < -0.3 is 19.5 Å². The molecule has 0 saturated heterocycles. The minimum atomic E-state index is -1.62. The van der Waals surface area contributed by atoms with Crippen molar-refractivity contribution in [2.45, 2.75) is 46.6 Å². The Bertz CT molecular complexity index is 916. The summed E-state index contributed by atoms with van der Waals surface area (Å²) in [7, 11) is 0. The van der Waals surface area contributed by atoms with Crippen LogP contribution in [-0.2, 0) is 23.8 Å². The molecule has 0 aromatic heterocycles. The summed E-state index contributed by atoms with van der Waals surface area (Å²) in [6.45, 7) is 7.81. The highest BCUT2D eigenvalue weighted by Gasteiger charge is 2.34. The zero-order chi connectivity index (χ0) is 24.5. The molecule has 2 amide bonds. The predicted octanol–water partition coefficient (Wildman–Crippen LogP) is 3.96. The van der Waals surface area contributed by atoms with Gasteiger partial charge in [0.05, 0.1) is 29.5 Å². The number of alkyl carbamates (subject to hydrolysis) is 1. The lowest BCUT2D eigenvalue weighted by Crippen LogP contribution is -2.38. The molecular weight excluding hydrogens is 447 g/mol. The van der Waals surface area contributed by atoms with Gasteiger partial charge in [0, 0.05) is 11.8 Å². The molecule has 11 heteroatoms. The number of carbonyl (C=O) groups excluding carboxylic acids is 4. The van der Waals surface area contributed by atoms with E-state index in [2.05, 4.69) is 10.6 Å². The first-order chi connectivity index (χ1) is 14.9. The summed E-state index contributed by atoms with van der Waals surface area (Å²) >= 11 is 5.95. The third-order valence-corrected chi connectivity index (χ3v) is 4.19. The van der Waals surface area contributed by atoms with Gasteiger partial charge in [-0.2, -0.15) is 0 Å². The second-order valence-corrected chi connectivity index (χ2v) is 7.20. The third-order valence-electron chi connectivity index (χ3n) is 3.87. The highest BCUT2D eigenvalue weighted by molar-refractivity contribution is 6.33. The lowest BCUT2D eigenvalue weighted by atomic mass is 10.1. The summed E-state index contributed by atoms with van der Waals surface area (Å²) in [6.07, 6.45) is 0.600. The quantitative estimate of drug-likeness (QED) is 0.317. The van der Waals surface area contributed by atoms with Crippen LogP contribution in [-0.4, -0.2) is 42.8 Å². The first kappa shape index (κ1) is 26.9. The number of amides is 2. The molecule has 9 nitrogen and oxygen atoms in total. The number of rotatable bonds is 9. The maximum Gasteiger partial charge on any atom is 0.411 e. The van der Waals surface area contributed by atoms with Gasteiger partial charge in [-0.15, -0.1) is 0 Å². The molecule has 2 N–H and O–H groups in total. The Balaban J connectivity index is 3.07. The Labute approximate surface area is 190 Å². The molecule has 0 saturated carbocycles. The van der Waals surface area contributed by atoms with Crippen LogP contribution in [0.2, 0.25) is 5.02 Å². The predicted molar refractivity (Wildman–Crippen MR) is 115 cm³/mol. The molecule has 0 aliphatic heterocycles. The molecule has 0 radical (unpaired) electrons. The van der Waals surface area contributed by atoms with Crippen LogP contribution in [0, 0.1) is 5.82 Å². The largest absolute Gasteiger partial charge is 0.463 e. The number of nitrogens with one attached hydrogen (secondary N) is 2. The molecule has 1 aromatic rings. The Morgan fingerprint density at radius 3 is 2.28 bits per heavy atom. The maximum absolute atomic E-state index is 14.3. The Hall–Kier alpha value is -3.14. The van der Waals surface area contributed by atoms with Crippen LogP contribution in [0.25, 0.3) is 0 Å². The number of allylic oxidation sites excluding steroid dienone is 1. The van der Waals surface area contributed by atoms with Gasteiger partial charge >= 0.3 is 18.0 Å². The van der Waals surface area contributed by atoms with Gasteiger partial charge in [-0.3, -0.25) is 10.1 Å². The van der Waals surface area contributed by atoms with E-state index < -0.39 is 35.4 Å². The number of halogens is 2. The fourth-order valence-corrected chi connectivity index (χ4v) is 2.51. The zero-order valence-corrected chi connectivity index (χ0v) is 19.2. The Kier molecular flexibility index (Phi) is 10.1. The molecule has 0 bridgehead atoms. The second kappa shape index (κ2) is 12.0. The van der Waals surface area contributed by atoms with Gasteiger partial charge in [0.25, 0.3) is 0 Å². The van der Waals surface area contributed by atoms with Gasteiger partial charge in [-0.25, -0.2) is 18.8 Å². The van der Waals surface area contributed by atoms with Gasteiger partial charge in [0.15, 0.2) is 0 Å². The van der Waals surface area contributed by atoms with Crippen LogP contribution < -0.4 is 10.6 Å². The van der Waals surface area contributed by atoms with Gasteiger partial charge in [0.2, 0.25) is 11.5 Å². The van der Waals surface area contributed by atoms with E-state index >= 15 is 0 Å². The van der Waals surface area contributed by atoms with Crippen molar-refractivity contribution in [3.63, 3.8) is 0 Å². The first-order valence-electron chi connectivity index (χ1n) is 9.80. The van der Waals surface area contributed by atoms with Crippen molar-refractivity contribution in [2.75, 3.05) is 18.5 Å². The SMILES string of the molecule is CCOC(=O)NC(=CC(=O)Nc1cc(C(=O)OC(C)(C)C(=O)OCC)c(Cl)cc1F)CC. The van der Waals surface area contributed by atoms with Crippen molar-refractivity contribution in [1.29, 1.82) is 0 Å². The smallest absolute Gasteiger partial charge is 0.411 e. The summed E-state index contributed by atoms with van der Waals surface area (Å²) in [4.78, 5) is 48.2. The monoisotopic (exact) mass is 472 g/mol. The van der Waals surface area contributed by atoms with E-state index in [0.717, 1.165) is 18.2 Å². The van der Waals surface area contributed by atoms with Crippen LogP contribution in [0.5, 0.6) is 0 Å². The maximum atomic E-state index is 14.3. The fourth-order valence-electron chi connectivity index (χ4n) is 2.29. The zero-order valence-electron chi connectivity index (χ0n) is 18.5. The summed E-state index contributed by atoms with van der Waals surface area (Å²) in [5, 5.41) is 4.38. The minimum Gasteiger partial charge on any atom is -0.463 e. The third kappa shape index (κ3) is 7.84. The number of carbonyl (C=O) groups is 4. The van der Waals surface area contributed by atoms with Crippen LogP contribution in [0.3, 0.4) is 0 Å². The van der Waals surface area contributed by atoms with Crippen LogP contribution in [0.15, 0.2) is 23.9 Å². The van der Waals surface area contributed by atoms with Crippen LogP contribution >= 0.6 is 11.6 Å². The molecule has 0 aliphatic rings. The lowest BCUT2D eigenvalue weighted by Gasteiger charge is -2.23. The number of ether oxygens (including phenoxy) is 3. The molecule has 1 aromatic carbocycles. The number of esters is 2. The second-order valence-electron chi connectivity index (χ2n) is 6.79. The topological polar surface area (TPSA) is 120 Å². The molecule has 0 unspecified atom stereocenters. The summed E-state index contributed by atoms with van der Waals surface area (Å²) < 4.78 is 29.1.